The van der Waals surface area contributed by atoms with E-state index in [9.17, 15) is 16.8 Å². The maximum atomic E-state index is 10.4. The third kappa shape index (κ3) is 11.8. The summed E-state index contributed by atoms with van der Waals surface area (Å²) >= 11 is 0. The van der Waals surface area contributed by atoms with Crippen LogP contribution in [-0.4, -0.2) is 40.0 Å². The molecule has 80 valence electrons. The van der Waals surface area contributed by atoms with Gasteiger partial charge in [-0.3, -0.25) is 8.74 Å². The zero-order chi connectivity index (χ0) is 10.5. The Bertz CT molecular complexity index is 292. The van der Waals surface area contributed by atoms with Crippen molar-refractivity contribution < 1.29 is 25.6 Å². The molecule has 0 unspecified atom stereocenters. The fourth-order valence-corrected chi connectivity index (χ4v) is 1.59. The summed E-state index contributed by atoms with van der Waals surface area (Å²) in [4.78, 5) is 0. The summed E-state index contributed by atoms with van der Waals surface area (Å²) in [6.07, 6.45) is 1.36. The third-order valence-electron chi connectivity index (χ3n) is 1.09. The number of rotatable bonds is 6. The smallest absolute Gasteiger partial charge is 0.264 e. The average Bonchev–Trinajstić information content (AvgIpc) is 1.81. The SMILES string of the molecule is CS(=O)(=O)OCCCCS(=O)(=O)O. The van der Waals surface area contributed by atoms with Crippen LogP contribution in [0, 0.1) is 0 Å². The molecule has 0 atom stereocenters. The van der Waals surface area contributed by atoms with Crippen LogP contribution in [0.4, 0.5) is 0 Å². The van der Waals surface area contributed by atoms with E-state index < -0.39 is 20.2 Å². The molecule has 0 aromatic heterocycles. The van der Waals surface area contributed by atoms with E-state index in [4.69, 9.17) is 4.55 Å². The van der Waals surface area contributed by atoms with E-state index >= 15 is 0 Å². The highest BCUT2D eigenvalue weighted by Gasteiger charge is 2.05. The standard InChI is InChI=1S/C5H12O6S2/c1-12(6,7)11-4-2-3-5-13(8,9)10/h2-5H2,1H3,(H,8,9,10). The molecule has 6 nitrogen and oxygen atoms in total. The van der Waals surface area contributed by atoms with Crippen molar-refractivity contribution in [2.75, 3.05) is 18.6 Å². The second-order valence-corrected chi connectivity index (χ2v) is 5.74. The van der Waals surface area contributed by atoms with Gasteiger partial charge in [0.25, 0.3) is 20.2 Å². The van der Waals surface area contributed by atoms with Crippen molar-refractivity contribution in [3.8, 4) is 0 Å². The lowest BCUT2D eigenvalue weighted by atomic mass is 10.4. The Kier molecular flexibility index (Phi) is 4.82. The minimum Gasteiger partial charge on any atom is -0.286 e. The Morgan fingerprint density at radius 1 is 1.15 bits per heavy atom. The van der Waals surface area contributed by atoms with E-state index in [0.717, 1.165) is 6.26 Å². The molecule has 0 saturated heterocycles. The van der Waals surface area contributed by atoms with E-state index in [1.54, 1.807) is 0 Å². The van der Waals surface area contributed by atoms with Gasteiger partial charge in [-0.25, -0.2) is 0 Å². The molecule has 0 aliphatic heterocycles. The summed E-state index contributed by atoms with van der Waals surface area (Å²) in [5.74, 6) is -0.375. The van der Waals surface area contributed by atoms with Crippen LogP contribution in [0.15, 0.2) is 0 Å². The molecule has 0 amide bonds. The van der Waals surface area contributed by atoms with Crippen LogP contribution in [0.25, 0.3) is 0 Å². The predicted molar refractivity (Wildman–Crippen MR) is 46.4 cm³/mol. The van der Waals surface area contributed by atoms with Gasteiger partial charge in [0.2, 0.25) is 0 Å². The number of hydrogen-bond donors (Lipinski definition) is 1. The first-order chi connectivity index (χ1) is 5.71. The minimum absolute atomic E-state index is 0.0612. The van der Waals surface area contributed by atoms with Gasteiger partial charge in [-0.2, -0.15) is 16.8 Å². The summed E-state index contributed by atoms with van der Waals surface area (Å²) in [5.41, 5.74) is 0. The molecule has 13 heavy (non-hydrogen) atoms. The van der Waals surface area contributed by atoms with Crippen LogP contribution < -0.4 is 0 Å². The van der Waals surface area contributed by atoms with E-state index in [2.05, 4.69) is 4.18 Å². The minimum atomic E-state index is -3.95. The largest absolute Gasteiger partial charge is 0.286 e. The molecule has 0 aromatic carbocycles. The molecule has 8 heteroatoms. The average molecular weight is 232 g/mol. The molecule has 0 aliphatic rings. The van der Waals surface area contributed by atoms with Gasteiger partial charge < -0.3 is 0 Å². The molecule has 0 radical (unpaired) electrons. The first-order valence-corrected chi connectivity index (χ1v) is 6.93. The fourth-order valence-electron chi connectivity index (χ4n) is 0.597. The summed E-state index contributed by atoms with van der Waals surface area (Å²) in [6.45, 7) is -0.0612. The molecule has 0 aromatic rings. The molecule has 0 fully saturated rings. The van der Waals surface area contributed by atoms with Gasteiger partial charge in [-0.1, -0.05) is 0 Å². The third-order valence-corrected chi connectivity index (χ3v) is 2.49. The Labute approximate surface area is 77.8 Å². The van der Waals surface area contributed by atoms with Crippen LogP contribution in [0.2, 0.25) is 0 Å². The van der Waals surface area contributed by atoms with Crippen LogP contribution >= 0.6 is 0 Å². The van der Waals surface area contributed by atoms with Crippen molar-refractivity contribution in [3.05, 3.63) is 0 Å². The van der Waals surface area contributed by atoms with Crippen LogP contribution in [0.3, 0.4) is 0 Å². The number of unbranched alkanes of at least 4 members (excludes halogenated alkanes) is 1. The van der Waals surface area contributed by atoms with Crippen molar-refractivity contribution >= 4 is 20.2 Å². The summed E-state index contributed by atoms with van der Waals surface area (Å²) in [5, 5.41) is 0. The highest BCUT2D eigenvalue weighted by atomic mass is 32.2. The van der Waals surface area contributed by atoms with Gasteiger partial charge in [0.05, 0.1) is 18.6 Å². The van der Waals surface area contributed by atoms with Gasteiger partial charge in [-0.15, -0.1) is 0 Å². The van der Waals surface area contributed by atoms with Gasteiger partial charge in [-0.05, 0) is 12.8 Å². The topological polar surface area (TPSA) is 97.7 Å². The molecule has 0 heterocycles. The fraction of sp³-hybridized carbons (Fsp3) is 1.00. The molecular formula is C5H12O6S2. The highest BCUT2D eigenvalue weighted by molar-refractivity contribution is 7.86. The maximum Gasteiger partial charge on any atom is 0.264 e. The zero-order valence-electron chi connectivity index (χ0n) is 7.13. The monoisotopic (exact) mass is 232 g/mol. The van der Waals surface area contributed by atoms with Gasteiger partial charge in [0, 0.05) is 0 Å². The molecule has 1 N–H and O–H groups in total. The second kappa shape index (κ2) is 4.89. The molecule has 0 rings (SSSR count). The Morgan fingerprint density at radius 2 is 1.69 bits per heavy atom. The highest BCUT2D eigenvalue weighted by Crippen LogP contribution is 1.96. The van der Waals surface area contributed by atoms with Crippen molar-refractivity contribution in [1.29, 1.82) is 0 Å². The van der Waals surface area contributed by atoms with Crippen molar-refractivity contribution in [1.82, 2.24) is 0 Å². The molecular weight excluding hydrogens is 220 g/mol. The van der Waals surface area contributed by atoms with Gasteiger partial charge in [0.15, 0.2) is 0 Å². The second-order valence-electron chi connectivity index (χ2n) is 2.52. The van der Waals surface area contributed by atoms with Crippen molar-refractivity contribution in [2.45, 2.75) is 12.8 Å². The van der Waals surface area contributed by atoms with E-state index in [1.165, 1.54) is 0 Å². The van der Waals surface area contributed by atoms with Gasteiger partial charge in [0.1, 0.15) is 0 Å². The maximum absolute atomic E-state index is 10.4. The zero-order valence-corrected chi connectivity index (χ0v) is 8.77. The summed E-state index contributed by atoms with van der Waals surface area (Å²) < 4.78 is 53.8. The van der Waals surface area contributed by atoms with Crippen LogP contribution in [0.5, 0.6) is 0 Å². The lowest BCUT2D eigenvalue weighted by Gasteiger charge is -1.99. The normalized spacial score (nSPS) is 13.1. The quantitative estimate of drug-likeness (QED) is 0.381. The summed E-state index contributed by atoms with van der Waals surface area (Å²) in [7, 11) is -7.40. The molecule has 0 aliphatic carbocycles. The predicted octanol–water partition coefficient (Wildman–Crippen LogP) is -0.369. The molecule has 0 bridgehead atoms. The Balaban J connectivity index is 3.50. The van der Waals surface area contributed by atoms with Crippen LogP contribution in [0.1, 0.15) is 12.8 Å². The molecule has 0 spiro atoms. The lowest BCUT2D eigenvalue weighted by Crippen LogP contribution is -2.07. The lowest BCUT2D eigenvalue weighted by molar-refractivity contribution is 0.314. The van der Waals surface area contributed by atoms with E-state index in [-0.39, 0.29) is 25.2 Å². The summed E-state index contributed by atoms with van der Waals surface area (Å²) in [6, 6.07) is 0. The number of hydrogen-bond acceptors (Lipinski definition) is 5. The van der Waals surface area contributed by atoms with Crippen molar-refractivity contribution in [2.24, 2.45) is 0 Å². The van der Waals surface area contributed by atoms with Crippen LogP contribution in [-0.2, 0) is 24.4 Å². The van der Waals surface area contributed by atoms with Crippen molar-refractivity contribution in [3.63, 3.8) is 0 Å². The Hall–Kier alpha value is -0.180. The Morgan fingerprint density at radius 3 is 2.08 bits per heavy atom. The molecule has 0 saturated carbocycles. The van der Waals surface area contributed by atoms with Gasteiger partial charge >= 0.3 is 0 Å². The van der Waals surface area contributed by atoms with E-state index in [1.807, 2.05) is 0 Å². The first kappa shape index (κ1) is 12.8. The van der Waals surface area contributed by atoms with E-state index in [0.29, 0.717) is 0 Å². The first-order valence-electron chi connectivity index (χ1n) is 3.50.